The van der Waals surface area contributed by atoms with Crippen LogP contribution in [0.2, 0.25) is 0 Å². The highest BCUT2D eigenvalue weighted by atomic mass is 16.4. The molecule has 1 unspecified atom stereocenters. The molecule has 1 N–H and O–H groups in total. The smallest absolute Gasteiger partial charge is 0.0804 e. The number of rotatable bonds is 2. The Bertz CT molecular complexity index is 925. The van der Waals surface area contributed by atoms with Gasteiger partial charge in [0.1, 0.15) is 0 Å². The van der Waals surface area contributed by atoms with Gasteiger partial charge in [-0.3, -0.25) is 0 Å². The zero-order chi connectivity index (χ0) is 16.4. The molecule has 2 nitrogen and oxygen atoms in total. The second-order valence-corrected chi connectivity index (χ2v) is 6.34. The van der Waals surface area contributed by atoms with Crippen molar-refractivity contribution in [3.05, 3.63) is 90.0 Å². The molecule has 0 saturated heterocycles. The van der Waals surface area contributed by atoms with E-state index in [0.29, 0.717) is 5.92 Å². The molecule has 1 aliphatic rings. The predicted molar refractivity (Wildman–Crippen MR) is 99.6 cm³/mol. The molecule has 0 fully saturated rings. The van der Waals surface area contributed by atoms with Crippen LogP contribution in [0.1, 0.15) is 29.9 Å². The third-order valence-electron chi connectivity index (χ3n) is 4.78. The molecule has 0 amide bonds. The Hall–Kier alpha value is -2.87. The van der Waals surface area contributed by atoms with Crippen molar-refractivity contribution in [2.75, 3.05) is 0 Å². The van der Waals surface area contributed by atoms with Crippen LogP contribution in [0, 0.1) is 0 Å². The number of benzene rings is 3. The van der Waals surface area contributed by atoms with Crippen molar-refractivity contribution < 1.29 is 5.21 Å². The van der Waals surface area contributed by atoms with Gasteiger partial charge in [-0.15, -0.1) is 0 Å². The van der Waals surface area contributed by atoms with E-state index >= 15 is 0 Å². The van der Waals surface area contributed by atoms with E-state index in [-0.39, 0.29) is 0 Å². The second-order valence-electron chi connectivity index (χ2n) is 6.34. The Morgan fingerprint density at radius 2 is 1.54 bits per heavy atom. The molecule has 1 aliphatic carbocycles. The fourth-order valence-electron chi connectivity index (χ4n) is 3.53. The van der Waals surface area contributed by atoms with Gasteiger partial charge in [0.05, 0.1) is 5.71 Å². The number of oxime groups is 1. The molecule has 24 heavy (non-hydrogen) atoms. The molecule has 0 aliphatic heterocycles. The summed E-state index contributed by atoms with van der Waals surface area (Å²) in [5, 5.41) is 15.3. The topological polar surface area (TPSA) is 32.6 Å². The molecular formula is C22H19NO. The normalized spacial score (nSPS) is 19.4. The standard InChI is InChI=1S/C22H19NO/c24-23-22-14-20(16-6-2-1-3-7-16)13-21(15-22)19-11-10-17-8-4-5-9-18(17)12-19/h1-12,15,20,24H,13-14H2/b23-22+. The minimum Gasteiger partial charge on any atom is -0.411 e. The first-order valence-electron chi connectivity index (χ1n) is 8.29. The van der Waals surface area contributed by atoms with Crippen molar-refractivity contribution in [2.24, 2.45) is 5.16 Å². The predicted octanol–water partition coefficient (Wildman–Crippen LogP) is 5.63. The van der Waals surface area contributed by atoms with Gasteiger partial charge < -0.3 is 5.21 Å². The summed E-state index contributed by atoms with van der Waals surface area (Å²) in [4.78, 5) is 0. The van der Waals surface area contributed by atoms with E-state index in [1.54, 1.807) is 0 Å². The van der Waals surface area contributed by atoms with Crippen molar-refractivity contribution in [3.8, 4) is 0 Å². The second kappa shape index (κ2) is 6.32. The molecule has 1 atom stereocenters. The van der Waals surface area contributed by atoms with E-state index in [1.165, 1.54) is 27.5 Å². The Labute approximate surface area is 141 Å². The SMILES string of the molecule is O/N=C1/C=C(c2ccc3ccccc3c2)CC(c2ccccc2)C1. The van der Waals surface area contributed by atoms with Crippen LogP contribution < -0.4 is 0 Å². The van der Waals surface area contributed by atoms with E-state index in [0.717, 1.165) is 18.6 Å². The van der Waals surface area contributed by atoms with Gasteiger partial charge in [0.15, 0.2) is 0 Å². The molecule has 4 rings (SSSR count). The third-order valence-corrected chi connectivity index (χ3v) is 4.78. The number of allylic oxidation sites excluding steroid dienone is 2. The van der Waals surface area contributed by atoms with E-state index in [2.05, 4.69) is 71.9 Å². The van der Waals surface area contributed by atoms with Crippen LogP contribution in [-0.4, -0.2) is 10.9 Å². The molecule has 2 heteroatoms. The fraction of sp³-hybridized carbons (Fsp3) is 0.136. The Kier molecular flexibility index (Phi) is 3.87. The fourth-order valence-corrected chi connectivity index (χ4v) is 3.53. The molecule has 0 heterocycles. The lowest BCUT2D eigenvalue weighted by atomic mass is 9.80. The summed E-state index contributed by atoms with van der Waals surface area (Å²) in [5.41, 5.74) is 4.48. The Balaban J connectivity index is 1.73. The Morgan fingerprint density at radius 3 is 2.33 bits per heavy atom. The summed E-state index contributed by atoms with van der Waals surface area (Å²) >= 11 is 0. The first-order valence-corrected chi connectivity index (χ1v) is 8.29. The van der Waals surface area contributed by atoms with E-state index in [4.69, 9.17) is 0 Å². The molecule has 3 aromatic carbocycles. The number of hydrogen-bond acceptors (Lipinski definition) is 2. The minimum atomic E-state index is 0.351. The van der Waals surface area contributed by atoms with Crippen LogP contribution in [0.15, 0.2) is 84.0 Å². The van der Waals surface area contributed by atoms with Crippen LogP contribution in [0.25, 0.3) is 16.3 Å². The van der Waals surface area contributed by atoms with Gasteiger partial charge in [-0.1, -0.05) is 71.9 Å². The maximum atomic E-state index is 9.34. The Morgan fingerprint density at radius 1 is 0.792 bits per heavy atom. The van der Waals surface area contributed by atoms with Gasteiger partial charge in [-0.25, -0.2) is 0 Å². The molecule has 0 aromatic heterocycles. The first kappa shape index (κ1) is 14.7. The number of hydrogen-bond donors (Lipinski definition) is 1. The zero-order valence-corrected chi connectivity index (χ0v) is 13.4. The van der Waals surface area contributed by atoms with Gasteiger partial charge >= 0.3 is 0 Å². The highest BCUT2D eigenvalue weighted by Crippen LogP contribution is 2.37. The van der Waals surface area contributed by atoms with Crippen LogP contribution in [0.3, 0.4) is 0 Å². The maximum Gasteiger partial charge on any atom is 0.0804 e. The lowest BCUT2D eigenvalue weighted by Crippen LogP contribution is -2.12. The average Bonchev–Trinajstić information content (AvgIpc) is 2.68. The van der Waals surface area contributed by atoms with E-state index < -0.39 is 0 Å². The van der Waals surface area contributed by atoms with Crippen LogP contribution >= 0.6 is 0 Å². The largest absolute Gasteiger partial charge is 0.411 e. The highest BCUT2D eigenvalue weighted by Gasteiger charge is 2.22. The molecule has 3 aromatic rings. The van der Waals surface area contributed by atoms with Crippen molar-refractivity contribution >= 4 is 22.1 Å². The van der Waals surface area contributed by atoms with E-state index in [9.17, 15) is 5.21 Å². The summed E-state index contributed by atoms with van der Waals surface area (Å²) in [6, 6.07) is 25.4. The van der Waals surface area contributed by atoms with Gasteiger partial charge in [0, 0.05) is 6.42 Å². The lowest BCUT2D eigenvalue weighted by Gasteiger charge is -2.24. The molecule has 0 spiro atoms. The van der Waals surface area contributed by atoms with Gasteiger partial charge in [-0.05, 0) is 52.0 Å². The van der Waals surface area contributed by atoms with Gasteiger partial charge in [0.2, 0.25) is 0 Å². The lowest BCUT2D eigenvalue weighted by molar-refractivity contribution is 0.317. The first-order chi connectivity index (χ1) is 11.8. The summed E-state index contributed by atoms with van der Waals surface area (Å²) in [6.07, 6.45) is 3.77. The maximum absolute atomic E-state index is 9.34. The van der Waals surface area contributed by atoms with Crippen molar-refractivity contribution in [2.45, 2.75) is 18.8 Å². The average molecular weight is 313 g/mol. The van der Waals surface area contributed by atoms with Crippen LogP contribution in [0.5, 0.6) is 0 Å². The van der Waals surface area contributed by atoms with Crippen molar-refractivity contribution in [3.63, 3.8) is 0 Å². The highest BCUT2D eigenvalue weighted by molar-refractivity contribution is 6.03. The molecule has 0 bridgehead atoms. The minimum absolute atomic E-state index is 0.351. The molecule has 0 saturated carbocycles. The van der Waals surface area contributed by atoms with Gasteiger partial charge in [-0.2, -0.15) is 0 Å². The quantitative estimate of drug-likeness (QED) is 0.482. The molecule has 0 radical (unpaired) electrons. The third kappa shape index (κ3) is 2.83. The molecular weight excluding hydrogens is 294 g/mol. The monoisotopic (exact) mass is 313 g/mol. The van der Waals surface area contributed by atoms with Crippen molar-refractivity contribution in [1.82, 2.24) is 0 Å². The van der Waals surface area contributed by atoms with Crippen LogP contribution in [0.4, 0.5) is 0 Å². The van der Waals surface area contributed by atoms with Crippen molar-refractivity contribution in [1.29, 1.82) is 0 Å². The van der Waals surface area contributed by atoms with E-state index in [1.807, 2.05) is 12.1 Å². The summed E-state index contributed by atoms with van der Waals surface area (Å²) in [6.45, 7) is 0. The summed E-state index contributed by atoms with van der Waals surface area (Å²) in [5.74, 6) is 0.351. The zero-order valence-electron chi connectivity index (χ0n) is 13.4. The summed E-state index contributed by atoms with van der Waals surface area (Å²) in [7, 11) is 0. The number of fused-ring (bicyclic) bond motifs is 1. The summed E-state index contributed by atoms with van der Waals surface area (Å²) < 4.78 is 0. The van der Waals surface area contributed by atoms with Gasteiger partial charge in [0.25, 0.3) is 0 Å². The molecule has 118 valence electrons. The number of nitrogens with zero attached hydrogens (tertiary/aromatic N) is 1. The van der Waals surface area contributed by atoms with Crippen LogP contribution in [-0.2, 0) is 0 Å².